The Balaban J connectivity index is 1.92. The fraction of sp³-hybridized carbons (Fsp3) is 0.480. The second-order valence-corrected chi connectivity index (χ2v) is 12.2. The van der Waals surface area contributed by atoms with Crippen LogP contribution in [0.4, 0.5) is 10.5 Å². The summed E-state index contributed by atoms with van der Waals surface area (Å²) >= 11 is 0. The molecular formula is C25H36N3O8PS. The molecule has 3 rings (SSSR count). The number of carbonyl (C=O) groups is 1. The van der Waals surface area contributed by atoms with Crippen LogP contribution in [0, 0.1) is 5.92 Å². The van der Waals surface area contributed by atoms with Crippen molar-refractivity contribution in [1.82, 2.24) is 9.62 Å². The van der Waals surface area contributed by atoms with Crippen LogP contribution in [0.3, 0.4) is 0 Å². The van der Waals surface area contributed by atoms with Crippen molar-refractivity contribution in [3.63, 3.8) is 0 Å². The maximum atomic E-state index is 13.6. The number of alkyl carbamates (subject to hydrolysis) is 1. The molecule has 4 N–H and O–H groups in total. The molecule has 0 radical (unpaired) electrons. The lowest BCUT2D eigenvalue weighted by atomic mass is 10.0. The van der Waals surface area contributed by atoms with Gasteiger partial charge in [0.25, 0.3) is 0 Å². The van der Waals surface area contributed by atoms with Crippen LogP contribution in [-0.2, 0) is 35.0 Å². The smallest absolute Gasteiger partial charge is 0.407 e. The number of nitrogens with one attached hydrogen (secondary N) is 1. The summed E-state index contributed by atoms with van der Waals surface area (Å²) in [7, 11) is -7.55. The lowest BCUT2D eigenvalue weighted by Gasteiger charge is -2.32. The number of rotatable bonds is 13. The number of hydrogen-bond acceptors (Lipinski definition) is 8. The van der Waals surface area contributed by atoms with Crippen LogP contribution in [0.5, 0.6) is 0 Å². The Morgan fingerprint density at radius 2 is 1.87 bits per heavy atom. The molecule has 2 aromatic carbocycles. The fourth-order valence-electron chi connectivity index (χ4n) is 4.13. The molecule has 1 aliphatic heterocycles. The van der Waals surface area contributed by atoms with E-state index in [0.29, 0.717) is 18.7 Å². The zero-order chi connectivity index (χ0) is 27.7. The normalized spacial score (nSPS) is 18.3. The van der Waals surface area contributed by atoms with Crippen molar-refractivity contribution >= 4 is 30.1 Å². The Bertz CT molecular complexity index is 1160. The van der Waals surface area contributed by atoms with Gasteiger partial charge in [0.2, 0.25) is 10.0 Å². The summed E-state index contributed by atoms with van der Waals surface area (Å²) in [5, 5.41) is 2.74. The van der Waals surface area contributed by atoms with Gasteiger partial charge in [0.05, 0.1) is 24.2 Å². The third kappa shape index (κ3) is 9.07. The Morgan fingerprint density at radius 1 is 1.18 bits per heavy atom. The average Bonchev–Trinajstić information content (AvgIpc) is 3.36. The van der Waals surface area contributed by atoms with Crippen LogP contribution in [0.2, 0.25) is 0 Å². The van der Waals surface area contributed by atoms with Gasteiger partial charge in [-0.1, -0.05) is 44.2 Å². The first-order valence-electron chi connectivity index (χ1n) is 12.4. The summed E-state index contributed by atoms with van der Waals surface area (Å²) in [6, 6.07) is 14.1. The first-order valence-corrected chi connectivity index (χ1v) is 15.1. The predicted octanol–water partition coefficient (Wildman–Crippen LogP) is 2.81. The highest BCUT2D eigenvalue weighted by molar-refractivity contribution is 7.89. The summed E-state index contributed by atoms with van der Waals surface area (Å²) in [5.74, 6) is -0.0711. The lowest BCUT2D eigenvalue weighted by Crippen LogP contribution is -2.52. The molecule has 13 heteroatoms. The van der Waals surface area contributed by atoms with Gasteiger partial charge in [-0.3, -0.25) is 4.57 Å². The molecule has 3 unspecified atom stereocenters. The quantitative estimate of drug-likeness (QED) is 0.244. The van der Waals surface area contributed by atoms with E-state index in [1.807, 2.05) is 44.2 Å². The minimum absolute atomic E-state index is 0.0240. The van der Waals surface area contributed by atoms with Crippen molar-refractivity contribution in [1.29, 1.82) is 0 Å². The SMILES string of the molecule is CC(C)CN(CC(O[PH](=O)O)C(Cc1ccccc1)NC(=O)O[C@H]1CCOC1)S(=O)(=O)c1ccc(N)cc1. The van der Waals surface area contributed by atoms with Crippen LogP contribution in [-0.4, -0.2) is 68.3 Å². The van der Waals surface area contributed by atoms with Gasteiger partial charge in [0.1, 0.15) is 12.2 Å². The van der Waals surface area contributed by atoms with Gasteiger partial charge in [-0.25, -0.2) is 13.2 Å². The van der Waals surface area contributed by atoms with E-state index < -0.39 is 42.6 Å². The van der Waals surface area contributed by atoms with Crippen molar-refractivity contribution in [3.05, 3.63) is 60.2 Å². The van der Waals surface area contributed by atoms with Gasteiger partial charge >= 0.3 is 14.3 Å². The molecule has 1 amide bonds. The number of sulfonamides is 1. The number of anilines is 1. The van der Waals surface area contributed by atoms with Crippen molar-refractivity contribution in [2.24, 2.45) is 5.92 Å². The monoisotopic (exact) mass is 569 g/mol. The maximum absolute atomic E-state index is 13.6. The molecule has 0 saturated carbocycles. The summed E-state index contributed by atoms with van der Waals surface area (Å²) in [6.07, 6.45) is -1.56. The maximum Gasteiger partial charge on any atom is 0.407 e. The third-order valence-corrected chi connectivity index (χ3v) is 8.28. The third-order valence-electron chi connectivity index (χ3n) is 5.93. The van der Waals surface area contributed by atoms with Crippen molar-refractivity contribution in [2.75, 3.05) is 32.0 Å². The van der Waals surface area contributed by atoms with E-state index in [4.69, 9.17) is 19.7 Å². The number of nitrogens with two attached hydrogens (primary N) is 1. The Morgan fingerprint density at radius 3 is 2.45 bits per heavy atom. The standard InChI is InChI=1S/C25H36N3O8PS/c1-18(2)15-28(38(32,33)22-10-8-20(26)9-11-22)16-24(36-37(30)31)23(14-19-6-4-3-5-7-19)27-25(29)35-21-12-13-34-17-21/h3-11,18,21,23-24,37H,12-17,26H2,1-2H3,(H,27,29)(H,30,31)/t21-,23?,24?/m0/s1. The summed E-state index contributed by atoms with van der Waals surface area (Å²) in [6.45, 7) is 4.31. The van der Waals surface area contributed by atoms with E-state index in [9.17, 15) is 22.7 Å². The van der Waals surface area contributed by atoms with Gasteiger partial charge in [-0.15, -0.1) is 0 Å². The van der Waals surface area contributed by atoms with E-state index in [-0.39, 0.29) is 36.9 Å². The molecule has 0 bridgehead atoms. The molecule has 1 heterocycles. The number of hydrogen-bond donors (Lipinski definition) is 3. The molecule has 0 spiro atoms. The Labute approximate surface area is 224 Å². The first kappa shape index (κ1) is 30.1. The molecule has 1 fully saturated rings. The summed E-state index contributed by atoms with van der Waals surface area (Å²) in [5.41, 5.74) is 6.96. The summed E-state index contributed by atoms with van der Waals surface area (Å²) < 4.78 is 56.4. The molecule has 0 aromatic heterocycles. The van der Waals surface area contributed by atoms with Crippen LogP contribution in [0.15, 0.2) is 59.5 Å². The zero-order valence-electron chi connectivity index (χ0n) is 21.5. The predicted molar refractivity (Wildman–Crippen MR) is 143 cm³/mol. The van der Waals surface area contributed by atoms with E-state index in [1.54, 1.807) is 0 Å². The molecular weight excluding hydrogens is 533 g/mol. The highest BCUT2D eigenvalue weighted by atomic mass is 32.2. The topological polar surface area (TPSA) is 157 Å². The second kappa shape index (κ2) is 14.1. The van der Waals surface area contributed by atoms with Crippen molar-refractivity contribution < 1.29 is 36.7 Å². The number of benzene rings is 2. The number of ether oxygens (including phenoxy) is 2. The lowest BCUT2D eigenvalue weighted by molar-refractivity contribution is 0.0689. The van der Waals surface area contributed by atoms with Crippen molar-refractivity contribution in [3.8, 4) is 0 Å². The first-order chi connectivity index (χ1) is 18.0. The van der Waals surface area contributed by atoms with Gasteiger partial charge in [-0.05, 0) is 42.2 Å². The zero-order valence-corrected chi connectivity index (χ0v) is 23.3. The largest absolute Gasteiger partial charge is 0.444 e. The average molecular weight is 570 g/mol. The van der Waals surface area contributed by atoms with E-state index >= 15 is 0 Å². The minimum atomic E-state index is -4.03. The second-order valence-electron chi connectivity index (χ2n) is 9.54. The van der Waals surface area contributed by atoms with E-state index in [0.717, 1.165) is 5.56 Å². The van der Waals surface area contributed by atoms with Gasteiger partial charge in [0, 0.05) is 25.2 Å². The number of amides is 1. The van der Waals surface area contributed by atoms with Crippen LogP contribution >= 0.6 is 8.25 Å². The minimum Gasteiger partial charge on any atom is -0.444 e. The van der Waals surface area contributed by atoms with Gasteiger partial charge in [0.15, 0.2) is 0 Å². The van der Waals surface area contributed by atoms with E-state index in [2.05, 4.69) is 5.32 Å². The Kier molecular flexibility index (Phi) is 11.1. The molecule has 1 aliphatic rings. The highest BCUT2D eigenvalue weighted by Crippen LogP contribution is 2.26. The Hall–Kier alpha value is -2.47. The van der Waals surface area contributed by atoms with E-state index in [1.165, 1.54) is 28.6 Å². The molecule has 4 atom stereocenters. The molecule has 2 aromatic rings. The number of nitrogen functional groups attached to an aromatic ring is 1. The van der Waals surface area contributed by atoms with Crippen LogP contribution < -0.4 is 11.1 Å². The van der Waals surface area contributed by atoms with Crippen LogP contribution in [0.25, 0.3) is 0 Å². The molecule has 0 aliphatic carbocycles. The molecule has 11 nitrogen and oxygen atoms in total. The van der Waals surface area contributed by atoms with Crippen molar-refractivity contribution in [2.45, 2.75) is 49.8 Å². The van der Waals surface area contributed by atoms with Crippen LogP contribution in [0.1, 0.15) is 25.8 Å². The molecule has 210 valence electrons. The van der Waals surface area contributed by atoms with Gasteiger partial charge in [-0.2, -0.15) is 4.31 Å². The highest BCUT2D eigenvalue weighted by Gasteiger charge is 2.34. The number of carbonyl (C=O) groups excluding carboxylic acids is 1. The summed E-state index contributed by atoms with van der Waals surface area (Å²) in [4.78, 5) is 22.5. The molecule has 38 heavy (non-hydrogen) atoms. The number of nitrogens with zero attached hydrogens (tertiary/aromatic N) is 1. The van der Waals surface area contributed by atoms with Gasteiger partial charge < -0.3 is 29.9 Å². The molecule has 1 saturated heterocycles. The fourth-order valence-corrected chi connectivity index (χ4v) is 6.24.